The van der Waals surface area contributed by atoms with E-state index in [1.54, 1.807) is 6.08 Å². The predicted octanol–water partition coefficient (Wildman–Crippen LogP) is 2.50. The fourth-order valence-corrected chi connectivity index (χ4v) is 0.620. The fraction of sp³-hybridized carbons (Fsp3) is 0.778. The zero-order chi connectivity index (χ0) is 13.0. The molecular weight excluding hydrogens is 124 g/mol. The second-order valence-electron chi connectivity index (χ2n) is 2.06. The van der Waals surface area contributed by atoms with Gasteiger partial charge in [0, 0.05) is 6.85 Å². The molecular formula is C9H18O. The van der Waals surface area contributed by atoms with Crippen LogP contribution in [0.1, 0.15) is 47.1 Å². The van der Waals surface area contributed by atoms with Gasteiger partial charge < -0.3 is 5.11 Å². The SMILES string of the molecule is [2H]C([2H])([2H])C([2H])(O)C([2H])([2H])CCCCC=C. The molecule has 0 radical (unpaired) electrons. The average Bonchev–Trinajstić information content (AvgIpc) is 2.10. The van der Waals surface area contributed by atoms with Crippen LogP contribution in [-0.4, -0.2) is 11.2 Å². The maximum absolute atomic E-state index is 9.44. The molecule has 0 aromatic carbocycles. The van der Waals surface area contributed by atoms with Crippen LogP contribution in [0.15, 0.2) is 12.7 Å². The van der Waals surface area contributed by atoms with Crippen LogP contribution < -0.4 is 0 Å². The average molecular weight is 148 g/mol. The minimum absolute atomic E-state index is 0.154. The zero-order valence-electron chi connectivity index (χ0n) is 12.1. The first-order chi connectivity index (χ1) is 7.06. The van der Waals surface area contributed by atoms with Crippen LogP contribution in [0.2, 0.25) is 0 Å². The van der Waals surface area contributed by atoms with E-state index >= 15 is 0 Å². The molecule has 0 bridgehead atoms. The van der Waals surface area contributed by atoms with Crippen LogP contribution in [0.25, 0.3) is 0 Å². The molecule has 0 rings (SSSR count). The van der Waals surface area contributed by atoms with Crippen molar-refractivity contribution in [3.05, 3.63) is 12.7 Å². The number of allylic oxidation sites excluding steroid dienone is 1. The van der Waals surface area contributed by atoms with E-state index in [0.717, 1.165) is 0 Å². The number of aliphatic hydroxyl groups is 1. The van der Waals surface area contributed by atoms with Gasteiger partial charge in [0.2, 0.25) is 0 Å². The van der Waals surface area contributed by atoms with Gasteiger partial charge in [0.1, 0.15) is 0 Å². The topological polar surface area (TPSA) is 20.2 Å². The number of unbranched alkanes of at least 4 members (excludes halogenated alkanes) is 2. The molecule has 0 amide bonds. The molecule has 0 aliphatic heterocycles. The summed E-state index contributed by atoms with van der Waals surface area (Å²) in [6.45, 7) is 0.466. The van der Waals surface area contributed by atoms with Gasteiger partial charge in [0.15, 0.2) is 0 Å². The lowest BCUT2D eigenvalue weighted by molar-refractivity contribution is 0.180. The molecule has 0 spiro atoms. The maximum atomic E-state index is 9.44. The second-order valence-corrected chi connectivity index (χ2v) is 2.06. The van der Waals surface area contributed by atoms with Crippen molar-refractivity contribution in [2.75, 3.05) is 0 Å². The number of hydrogen-bond donors (Lipinski definition) is 1. The summed E-state index contributed by atoms with van der Waals surface area (Å²) < 4.78 is 43.0. The maximum Gasteiger partial charge on any atom is 0.0597 e. The van der Waals surface area contributed by atoms with Gasteiger partial charge >= 0.3 is 0 Å². The van der Waals surface area contributed by atoms with Gasteiger partial charge in [-0.15, -0.1) is 6.58 Å². The van der Waals surface area contributed by atoms with E-state index in [1.807, 2.05) is 0 Å². The summed E-state index contributed by atoms with van der Waals surface area (Å²) in [6, 6.07) is 0. The molecule has 1 nitrogen and oxygen atoms in total. The highest BCUT2D eigenvalue weighted by molar-refractivity contribution is 4.65. The Morgan fingerprint density at radius 1 is 1.80 bits per heavy atom. The number of rotatable bonds is 6. The van der Waals surface area contributed by atoms with Gasteiger partial charge in [0.05, 0.1) is 7.45 Å². The van der Waals surface area contributed by atoms with E-state index in [-0.39, 0.29) is 6.42 Å². The summed E-state index contributed by atoms with van der Waals surface area (Å²) in [5.74, 6) is 0. The molecule has 1 atom stereocenters. The van der Waals surface area contributed by atoms with Crippen LogP contribution in [0.4, 0.5) is 0 Å². The van der Waals surface area contributed by atoms with Crippen LogP contribution >= 0.6 is 0 Å². The number of hydrogen-bond acceptors (Lipinski definition) is 1. The molecule has 1 heteroatoms. The third kappa shape index (κ3) is 7.70. The molecule has 0 heterocycles. The first kappa shape index (κ1) is 3.40. The monoisotopic (exact) mass is 148 g/mol. The van der Waals surface area contributed by atoms with E-state index in [0.29, 0.717) is 19.3 Å². The van der Waals surface area contributed by atoms with Crippen LogP contribution in [0, 0.1) is 0 Å². The highest BCUT2D eigenvalue weighted by Gasteiger charge is 1.93. The van der Waals surface area contributed by atoms with Crippen molar-refractivity contribution in [2.24, 2.45) is 0 Å². The molecule has 10 heavy (non-hydrogen) atoms. The highest BCUT2D eigenvalue weighted by Crippen LogP contribution is 2.05. The smallest absolute Gasteiger partial charge is 0.0597 e. The van der Waals surface area contributed by atoms with Gasteiger partial charge in [0.25, 0.3) is 0 Å². The predicted molar refractivity (Wildman–Crippen MR) is 45.0 cm³/mol. The van der Waals surface area contributed by atoms with Crippen LogP contribution in [-0.2, 0) is 0 Å². The molecule has 0 aromatic rings. The standard InChI is InChI=1S/C9H18O/c1-3-4-5-6-7-8-9(2)10/h3,9-10H,1,4-8H2,2H3/i2D3,8D2,9D. The van der Waals surface area contributed by atoms with Crippen molar-refractivity contribution in [1.29, 1.82) is 0 Å². The summed E-state index contributed by atoms with van der Waals surface area (Å²) in [5.41, 5.74) is 0. The normalized spacial score (nSPS) is 27.7. The lowest BCUT2D eigenvalue weighted by Crippen LogP contribution is -1.97. The zero-order valence-corrected chi connectivity index (χ0v) is 6.06. The van der Waals surface area contributed by atoms with Crippen molar-refractivity contribution in [3.63, 3.8) is 0 Å². The fourth-order valence-electron chi connectivity index (χ4n) is 0.620. The molecule has 1 N–H and O–H groups in total. The first-order valence-corrected chi connectivity index (χ1v) is 3.39. The Labute approximate surface area is 72.2 Å². The van der Waals surface area contributed by atoms with Gasteiger partial charge in [-0.25, -0.2) is 0 Å². The Hall–Kier alpha value is -0.300. The van der Waals surface area contributed by atoms with Crippen LogP contribution in [0.3, 0.4) is 0 Å². The second kappa shape index (κ2) is 6.81. The summed E-state index contributed by atoms with van der Waals surface area (Å²) in [6.07, 6.45) is -2.18. The molecule has 0 saturated carbocycles. The summed E-state index contributed by atoms with van der Waals surface area (Å²) in [5, 5.41) is 9.44. The van der Waals surface area contributed by atoms with E-state index in [1.165, 1.54) is 0 Å². The summed E-state index contributed by atoms with van der Waals surface area (Å²) in [4.78, 5) is 0. The minimum atomic E-state index is -3.06. The lowest BCUT2D eigenvalue weighted by Gasteiger charge is -2.01. The van der Waals surface area contributed by atoms with E-state index in [2.05, 4.69) is 6.58 Å². The van der Waals surface area contributed by atoms with Crippen molar-refractivity contribution in [2.45, 2.75) is 45.0 Å². The Bertz CT molecular complexity index is 233. The summed E-state index contributed by atoms with van der Waals surface area (Å²) >= 11 is 0. The largest absolute Gasteiger partial charge is 0.393 e. The van der Waals surface area contributed by atoms with Crippen molar-refractivity contribution in [3.8, 4) is 0 Å². The Balaban J connectivity index is 4.46. The van der Waals surface area contributed by atoms with Gasteiger partial charge in [-0.3, -0.25) is 0 Å². The van der Waals surface area contributed by atoms with Gasteiger partial charge in [-0.05, 0) is 26.1 Å². The molecule has 0 saturated heterocycles. The quantitative estimate of drug-likeness (QED) is 0.453. The lowest BCUT2D eigenvalue weighted by atomic mass is 10.1. The Kier molecular flexibility index (Phi) is 2.32. The van der Waals surface area contributed by atoms with Crippen molar-refractivity contribution < 1.29 is 13.3 Å². The van der Waals surface area contributed by atoms with Crippen molar-refractivity contribution in [1.82, 2.24) is 0 Å². The van der Waals surface area contributed by atoms with E-state index in [4.69, 9.17) is 8.22 Å². The van der Waals surface area contributed by atoms with E-state index in [9.17, 15) is 5.11 Å². The Morgan fingerprint density at radius 3 is 3.20 bits per heavy atom. The van der Waals surface area contributed by atoms with Crippen molar-refractivity contribution >= 4 is 0 Å². The summed E-state index contributed by atoms with van der Waals surface area (Å²) in [7, 11) is 0. The molecule has 1 unspecified atom stereocenters. The molecule has 0 aromatic heterocycles. The van der Waals surface area contributed by atoms with Gasteiger partial charge in [-0.1, -0.05) is 18.9 Å². The van der Waals surface area contributed by atoms with E-state index < -0.39 is 19.3 Å². The molecule has 60 valence electrons. The third-order valence-corrected chi connectivity index (χ3v) is 1.13. The molecule has 0 aliphatic carbocycles. The third-order valence-electron chi connectivity index (χ3n) is 1.13. The highest BCUT2D eigenvalue weighted by atomic mass is 16.3. The molecule has 0 fully saturated rings. The van der Waals surface area contributed by atoms with Crippen LogP contribution in [0.5, 0.6) is 0 Å². The van der Waals surface area contributed by atoms with Gasteiger partial charge in [-0.2, -0.15) is 0 Å². The molecule has 0 aliphatic rings. The Morgan fingerprint density at radius 2 is 2.60 bits per heavy atom. The first-order valence-electron chi connectivity index (χ1n) is 6.39. The minimum Gasteiger partial charge on any atom is -0.393 e.